The van der Waals surface area contributed by atoms with Crippen LogP contribution < -0.4 is 0 Å². The van der Waals surface area contributed by atoms with Crippen molar-refractivity contribution in [1.82, 2.24) is 4.90 Å². The molecule has 0 atom stereocenters. The Morgan fingerprint density at radius 1 is 1.28 bits per heavy atom. The summed E-state index contributed by atoms with van der Waals surface area (Å²) in [6.45, 7) is 4.27. The molecule has 1 heterocycles. The summed E-state index contributed by atoms with van der Waals surface area (Å²) in [6, 6.07) is 10.0. The minimum atomic E-state index is -0.261. The molecule has 0 radical (unpaired) electrons. The smallest absolute Gasteiger partial charge is 0.332 e. The SMILES string of the molecule is CCOC(=O)/C=C(\c1ccccc1)N1CCCC1. The van der Waals surface area contributed by atoms with Crippen LogP contribution in [0.5, 0.6) is 0 Å². The van der Waals surface area contributed by atoms with E-state index in [4.69, 9.17) is 4.74 Å². The molecular weight excluding hydrogens is 226 g/mol. The van der Waals surface area contributed by atoms with E-state index in [1.807, 2.05) is 37.3 Å². The second-order valence-corrected chi connectivity index (χ2v) is 4.34. The first-order valence-corrected chi connectivity index (χ1v) is 6.50. The molecule has 3 nitrogen and oxygen atoms in total. The molecule has 1 aliphatic heterocycles. The van der Waals surface area contributed by atoms with E-state index in [0.717, 1.165) is 24.4 Å². The zero-order valence-electron chi connectivity index (χ0n) is 10.8. The molecular formula is C15H19NO2. The Morgan fingerprint density at radius 2 is 1.94 bits per heavy atom. The van der Waals surface area contributed by atoms with Crippen LogP contribution in [-0.2, 0) is 9.53 Å². The topological polar surface area (TPSA) is 29.5 Å². The maximum absolute atomic E-state index is 11.7. The predicted molar refractivity (Wildman–Crippen MR) is 71.9 cm³/mol. The van der Waals surface area contributed by atoms with Crippen LogP contribution in [0.15, 0.2) is 36.4 Å². The molecule has 18 heavy (non-hydrogen) atoms. The van der Waals surface area contributed by atoms with E-state index >= 15 is 0 Å². The highest BCUT2D eigenvalue weighted by Crippen LogP contribution is 2.23. The molecule has 0 N–H and O–H groups in total. The maximum atomic E-state index is 11.7. The number of hydrogen-bond donors (Lipinski definition) is 0. The number of ether oxygens (including phenoxy) is 1. The third kappa shape index (κ3) is 3.13. The minimum Gasteiger partial charge on any atom is -0.463 e. The molecule has 0 unspecified atom stereocenters. The summed E-state index contributed by atoms with van der Waals surface area (Å²) in [6.07, 6.45) is 3.99. The van der Waals surface area contributed by atoms with Crippen molar-refractivity contribution < 1.29 is 9.53 Å². The lowest BCUT2D eigenvalue weighted by atomic mass is 10.1. The van der Waals surface area contributed by atoms with Crippen molar-refractivity contribution in [1.29, 1.82) is 0 Å². The second kappa shape index (κ2) is 6.24. The van der Waals surface area contributed by atoms with Crippen LogP contribution in [0.4, 0.5) is 0 Å². The summed E-state index contributed by atoms with van der Waals surface area (Å²) in [5.41, 5.74) is 2.05. The van der Waals surface area contributed by atoms with Gasteiger partial charge in [0.05, 0.1) is 12.3 Å². The van der Waals surface area contributed by atoms with E-state index < -0.39 is 0 Å². The van der Waals surface area contributed by atoms with Crippen LogP contribution >= 0.6 is 0 Å². The van der Waals surface area contributed by atoms with Crippen LogP contribution in [0.2, 0.25) is 0 Å². The number of rotatable bonds is 4. The number of benzene rings is 1. The maximum Gasteiger partial charge on any atom is 0.332 e. The van der Waals surface area contributed by atoms with Gasteiger partial charge >= 0.3 is 5.97 Å². The number of esters is 1. The Kier molecular flexibility index (Phi) is 4.40. The molecule has 0 bridgehead atoms. The van der Waals surface area contributed by atoms with Gasteiger partial charge in [-0.05, 0) is 25.3 Å². The van der Waals surface area contributed by atoms with Gasteiger partial charge in [0, 0.05) is 19.2 Å². The molecule has 0 aliphatic carbocycles. The molecule has 1 aliphatic rings. The van der Waals surface area contributed by atoms with Crippen LogP contribution in [-0.4, -0.2) is 30.6 Å². The summed E-state index contributed by atoms with van der Waals surface area (Å²) < 4.78 is 5.01. The number of likely N-dealkylation sites (tertiary alicyclic amines) is 1. The molecule has 1 saturated heterocycles. The quantitative estimate of drug-likeness (QED) is 0.603. The van der Waals surface area contributed by atoms with E-state index in [2.05, 4.69) is 4.90 Å². The highest BCUT2D eigenvalue weighted by molar-refractivity contribution is 5.90. The van der Waals surface area contributed by atoms with E-state index in [-0.39, 0.29) is 5.97 Å². The summed E-state index contributed by atoms with van der Waals surface area (Å²) in [7, 11) is 0. The van der Waals surface area contributed by atoms with Gasteiger partial charge in [-0.15, -0.1) is 0 Å². The molecule has 1 aromatic carbocycles. The van der Waals surface area contributed by atoms with Gasteiger partial charge in [-0.3, -0.25) is 0 Å². The van der Waals surface area contributed by atoms with Gasteiger partial charge < -0.3 is 9.64 Å². The van der Waals surface area contributed by atoms with E-state index in [0.29, 0.717) is 6.61 Å². The first-order valence-electron chi connectivity index (χ1n) is 6.50. The normalized spacial score (nSPS) is 15.8. The average Bonchev–Trinajstić information content (AvgIpc) is 2.91. The number of carbonyl (C=O) groups is 1. The Bertz CT molecular complexity index is 419. The fourth-order valence-corrected chi connectivity index (χ4v) is 2.22. The molecule has 1 fully saturated rings. The Labute approximate surface area is 108 Å². The average molecular weight is 245 g/mol. The Balaban J connectivity index is 2.25. The summed E-state index contributed by atoms with van der Waals surface area (Å²) in [5, 5.41) is 0. The van der Waals surface area contributed by atoms with Crippen LogP contribution in [0.1, 0.15) is 25.3 Å². The summed E-state index contributed by atoms with van der Waals surface area (Å²) >= 11 is 0. The van der Waals surface area contributed by atoms with Gasteiger partial charge in [-0.2, -0.15) is 0 Å². The van der Waals surface area contributed by atoms with Gasteiger partial charge in [0.15, 0.2) is 0 Å². The van der Waals surface area contributed by atoms with Gasteiger partial charge in [0.25, 0.3) is 0 Å². The molecule has 0 amide bonds. The standard InChI is InChI=1S/C15H19NO2/c1-2-18-15(17)12-14(16-10-6-7-11-16)13-8-4-3-5-9-13/h3-5,8-9,12H,2,6-7,10-11H2,1H3/b14-12+. The van der Waals surface area contributed by atoms with Crippen molar-refractivity contribution in [3.8, 4) is 0 Å². The number of nitrogens with zero attached hydrogens (tertiary/aromatic N) is 1. The van der Waals surface area contributed by atoms with Crippen LogP contribution in [0.25, 0.3) is 5.70 Å². The predicted octanol–water partition coefficient (Wildman–Crippen LogP) is 2.69. The summed E-state index contributed by atoms with van der Waals surface area (Å²) in [5.74, 6) is -0.261. The van der Waals surface area contributed by atoms with E-state index in [1.54, 1.807) is 6.08 Å². The molecule has 96 valence electrons. The van der Waals surface area contributed by atoms with Crippen molar-refractivity contribution >= 4 is 11.7 Å². The molecule has 2 rings (SSSR count). The third-order valence-corrected chi connectivity index (χ3v) is 3.06. The highest BCUT2D eigenvalue weighted by atomic mass is 16.5. The first kappa shape index (κ1) is 12.7. The first-order chi connectivity index (χ1) is 8.81. The number of carbonyl (C=O) groups excluding carboxylic acids is 1. The zero-order chi connectivity index (χ0) is 12.8. The van der Waals surface area contributed by atoms with Crippen LogP contribution in [0, 0.1) is 0 Å². The molecule has 3 heteroatoms. The monoisotopic (exact) mass is 245 g/mol. The lowest BCUT2D eigenvalue weighted by molar-refractivity contribution is -0.137. The lowest BCUT2D eigenvalue weighted by Gasteiger charge is -2.21. The molecule has 0 saturated carbocycles. The van der Waals surface area contributed by atoms with Crippen molar-refractivity contribution in [2.45, 2.75) is 19.8 Å². The fourth-order valence-electron chi connectivity index (χ4n) is 2.22. The molecule has 0 spiro atoms. The van der Waals surface area contributed by atoms with E-state index in [9.17, 15) is 4.79 Å². The van der Waals surface area contributed by atoms with Crippen molar-refractivity contribution in [3.63, 3.8) is 0 Å². The highest BCUT2D eigenvalue weighted by Gasteiger charge is 2.17. The Hall–Kier alpha value is -1.77. The lowest BCUT2D eigenvalue weighted by Crippen LogP contribution is -2.19. The van der Waals surface area contributed by atoms with Gasteiger partial charge in [-0.25, -0.2) is 4.79 Å². The second-order valence-electron chi connectivity index (χ2n) is 4.34. The molecule has 1 aromatic rings. The van der Waals surface area contributed by atoms with Gasteiger partial charge in [-0.1, -0.05) is 30.3 Å². The van der Waals surface area contributed by atoms with Crippen LogP contribution in [0.3, 0.4) is 0 Å². The zero-order valence-corrected chi connectivity index (χ0v) is 10.8. The third-order valence-electron chi connectivity index (χ3n) is 3.06. The molecule has 0 aromatic heterocycles. The van der Waals surface area contributed by atoms with Gasteiger partial charge in [0.2, 0.25) is 0 Å². The Morgan fingerprint density at radius 3 is 2.56 bits per heavy atom. The van der Waals surface area contributed by atoms with Crippen molar-refractivity contribution in [2.75, 3.05) is 19.7 Å². The van der Waals surface area contributed by atoms with E-state index in [1.165, 1.54) is 12.8 Å². The summed E-state index contributed by atoms with van der Waals surface area (Å²) in [4.78, 5) is 13.9. The van der Waals surface area contributed by atoms with Crippen molar-refractivity contribution in [2.24, 2.45) is 0 Å². The number of hydrogen-bond acceptors (Lipinski definition) is 3. The van der Waals surface area contributed by atoms with Gasteiger partial charge in [0.1, 0.15) is 0 Å². The largest absolute Gasteiger partial charge is 0.463 e. The minimum absolute atomic E-state index is 0.261. The van der Waals surface area contributed by atoms with Crippen molar-refractivity contribution in [3.05, 3.63) is 42.0 Å². The fraction of sp³-hybridized carbons (Fsp3) is 0.400.